The first-order valence-electron chi connectivity index (χ1n) is 11.7. The number of hydrogen-bond acceptors (Lipinski definition) is 5. The van der Waals surface area contributed by atoms with Crippen molar-refractivity contribution in [2.24, 2.45) is 5.73 Å². The second kappa shape index (κ2) is 8.91. The van der Waals surface area contributed by atoms with E-state index in [-0.39, 0.29) is 18.1 Å². The Hall–Kier alpha value is -3.71. The molecule has 0 unspecified atom stereocenters. The van der Waals surface area contributed by atoms with Crippen LogP contribution in [0.1, 0.15) is 50.1 Å². The molecule has 1 saturated carbocycles. The highest BCUT2D eigenvalue weighted by atomic mass is 16.5. The van der Waals surface area contributed by atoms with Crippen molar-refractivity contribution < 1.29 is 9.53 Å². The van der Waals surface area contributed by atoms with Crippen LogP contribution in [0.5, 0.6) is 5.88 Å². The molecule has 174 valence electrons. The highest BCUT2D eigenvalue weighted by molar-refractivity contribution is 5.99. The minimum Gasteiger partial charge on any atom is -0.466 e. The number of nitrogens with one attached hydrogen (secondary N) is 1. The molecular formula is C27H29N5O2. The van der Waals surface area contributed by atoms with Crippen molar-refractivity contribution in [2.75, 3.05) is 11.5 Å². The fourth-order valence-corrected chi connectivity index (χ4v) is 4.60. The fraction of sp³-hybridized carbons (Fsp3) is 0.296. The minimum absolute atomic E-state index is 0.0561. The van der Waals surface area contributed by atoms with Gasteiger partial charge in [0.25, 0.3) is 5.91 Å². The molecule has 0 bridgehead atoms. The molecule has 2 aliphatic rings. The van der Waals surface area contributed by atoms with Gasteiger partial charge in [0.05, 0.1) is 12.2 Å². The third-order valence-corrected chi connectivity index (χ3v) is 6.70. The van der Waals surface area contributed by atoms with Crippen LogP contribution in [0.4, 0.5) is 5.69 Å². The maximum Gasteiger partial charge on any atom is 0.265 e. The van der Waals surface area contributed by atoms with Crippen LogP contribution in [-0.4, -0.2) is 27.5 Å². The van der Waals surface area contributed by atoms with Crippen LogP contribution >= 0.6 is 0 Å². The molecule has 5 rings (SSSR count). The van der Waals surface area contributed by atoms with E-state index in [1.54, 1.807) is 17.3 Å². The number of benzene rings is 1. The number of amides is 1. The molecule has 1 amide bonds. The molecule has 34 heavy (non-hydrogen) atoms. The number of carbonyl (C=O) groups excluding carboxylic acids is 1. The Morgan fingerprint density at radius 2 is 2.06 bits per heavy atom. The largest absolute Gasteiger partial charge is 0.466 e. The van der Waals surface area contributed by atoms with Gasteiger partial charge < -0.3 is 15.5 Å². The lowest BCUT2D eigenvalue weighted by Gasteiger charge is -2.38. The van der Waals surface area contributed by atoms with E-state index in [2.05, 4.69) is 34.2 Å². The van der Waals surface area contributed by atoms with Gasteiger partial charge in [-0.3, -0.25) is 9.69 Å². The summed E-state index contributed by atoms with van der Waals surface area (Å²) in [7, 11) is 0. The number of aromatic amines is 1. The lowest BCUT2D eigenvalue weighted by molar-refractivity contribution is -0.121. The van der Waals surface area contributed by atoms with Gasteiger partial charge in [0.15, 0.2) is 6.61 Å². The van der Waals surface area contributed by atoms with Crippen LogP contribution in [0.3, 0.4) is 0 Å². The molecule has 0 atom stereocenters. The highest BCUT2D eigenvalue weighted by Gasteiger charge is 2.34. The summed E-state index contributed by atoms with van der Waals surface area (Å²) in [6, 6.07) is 10.4. The summed E-state index contributed by atoms with van der Waals surface area (Å²) in [5.74, 6) is 1.02. The Morgan fingerprint density at radius 3 is 2.68 bits per heavy atom. The maximum atomic E-state index is 12.8. The van der Waals surface area contributed by atoms with E-state index in [9.17, 15) is 4.79 Å². The minimum atomic E-state index is -0.208. The smallest absolute Gasteiger partial charge is 0.265 e. The summed E-state index contributed by atoms with van der Waals surface area (Å²) in [6.07, 6.45) is 12.7. The van der Waals surface area contributed by atoms with Crippen LogP contribution in [-0.2, 0) is 16.9 Å². The van der Waals surface area contributed by atoms with Gasteiger partial charge in [0.2, 0.25) is 5.88 Å². The highest BCUT2D eigenvalue weighted by Crippen LogP contribution is 2.41. The third-order valence-electron chi connectivity index (χ3n) is 6.70. The maximum absolute atomic E-state index is 12.8. The van der Waals surface area contributed by atoms with Crippen molar-refractivity contribution in [1.29, 1.82) is 0 Å². The molecule has 7 nitrogen and oxygen atoms in total. The van der Waals surface area contributed by atoms with E-state index in [4.69, 9.17) is 15.5 Å². The summed E-state index contributed by atoms with van der Waals surface area (Å²) in [5, 5.41) is 0. The van der Waals surface area contributed by atoms with Gasteiger partial charge in [-0.1, -0.05) is 42.5 Å². The van der Waals surface area contributed by atoms with Gasteiger partial charge in [-0.15, -0.1) is 0 Å². The zero-order valence-electron chi connectivity index (χ0n) is 19.5. The lowest BCUT2D eigenvalue weighted by Crippen LogP contribution is -2.43. The van der Waals surface area contributed by atoms with E-state index < -0.39 is 0 Å². The number of aromatic nitrogens is 3. The summed E-state index contributed by atoms with van der Waals surface area (Å²) >= 11 is 0. The SMILES string of the molecule is CC=CC(=CC)c1cc2c(nc1-c1ccc(C3(N)CCC3)cc1)OCC(=O)N2Cc1ncc[nH]1. The van der Waals surface area contributed by atoms with E-state index in [0.29, 0.717) is 23.9 Å². The molecule has 3 N–H and O–H groups in total. The number of nitrogens with zero attached hydrogens (tertiary/aromatic N) is 3. The predicted octanol–water partition coefficient (Wildman–Crippen LogP) is 4.71. The number of nitrogens with two attached hydrogens (primary N) is 1. The van der Waals surface area contributed by atoms with Crippen LogP contribution in [0.25, 0.3) is 16.8 Å². The Bertz CT molecular complexity index is 1250. The number of fused-ring (bicyclic) bond motifs is 1. The monoisotopic (exact) mass is 455 g/mol. The number of anilines is 1. The van der Waals surface area contributed by atoms with Crippen molar-refractivity contribution >= 4 is 17.2 Å². The van der Waals surface area contributed by atoms with Crippen LogP contribution < -0.4 is 15.4 Å². The number of carbonyl (C=O) groups is 1. The first-order valence-corrected chi connectivity index (χ1v) is 11.7. The zero-order chi connectivity index (χ0) is 23.7. The van der Waals surface area contributed by atoms with Gasteiger partial charge >= 0.3 is 0 Å². The summed E-state index contributed by atoms with van der Waals surface area (Å²) in [6.45, 7) is 4.25. The molecule has 0 saturated heterocycles. The average Bonchev–Trinajstić information content (AvgIpc) is 3.35. The number of imidazole rings is 1. The number of rotatable bonds is 6. The van der Waals surface area contributed by atoms with Crippen LogP contribution in [0, 0.1) is 0 Å². The molecule has 1 aliphatic carbocycles. The molecule has 1 aromatic carbocycles. The molecule has 0 spiro atoms. The Morgan fingerprint density at radius 1 is 1.26 bits per heavy atom. The molecule has 7 heteroatoms. The first kappa shape index (κ1) is 22.1. The van der Waals surface area contributed by atoms with Crippen molar-refractivity contribution in [3.05, 3.63) is 77.9 Å². The van der Waals surface area contributed by atoms with Gasteiger partial charge in [0.1, 0.15) is 11.5 Å². The van der Waals surface area contributed by atoms with Gasteiger partial charge in [-0.2, -0.15) is 0 Å². The Balaban J connectivity index is 1.61. The van der Waals surface area contributed by atoms with E-state index in [0.717, 1.165) is 40.8 Å². The van der Waals surface area contributed by atoms with Crippen LogP contribution in [0.2, 0.25) is 0 Å². The number of allylic oxidation sites excluding steroid dienone is 4. The van der Waals surface area contributed by atoms with Crippen molar-refractivity contribution in [1.82, 2.24) is 15.0 Å². The quantitative estimate of drug-likeness (QED) is 0.525. The average molecular weight is 456 g/mol. The normalized spacial score (nSPS) is 17.4. The molecule has 3 aromatic rings. The van der Waals surface area contributed by atoms with Gasteiger partial charge in [0, 0.05) is 29.1 Å². The van der Waals surface area contributed by atoms with Crippen molar-refractivity contribution in [3.8, 4) is 17.1 Å². The summed E-state index contributed by atoms with van der Waals surface area (Å²) < 4.78 is 5.79. The third kappa shape index (κ3) is 3.92. The lowest BCUT2D eigenvalue weighted by atomic mass is 9.72. The van der Waals surface area contributed by atoms with E-state index in [1.165, 1.54) is 6.42 Å². The second-order valence-corrected chi connectivity index (χ2v) is 8.84. The zero-order valence-corrected chi connectivity index (χ0v) is 19.5. The molecule has 0 radical (unpaired) electrons. The van der Waals surface area contributed by atoms with Crippen molar-refractivity contribution in [2.45, 2.75) is 45.2 Å². The predicted molar refractivity (Wildman–Crippen MR) is 133 cm³/mol. The van der Waals surface area contributed by atoms with Crippen LogP contribution in [0.15, 0.2) is 61.0 Å². The molecule has 2 aromatic heterocycles. The van der Waals surface area contributed by atoms with E-state index in [1.807, 2.05) is 38.1 Å². The molecule has 1 aliphatic heterocycles. The van der Waals surface area contributed by atoms with E-state index >= 15 is 0 Å². The van der Waals surface area contributed by atoms with Gasteiger partial charge in [-0.25, -0.2) is 9.97 Å². The number of H-pyrrole nitrogens is 1. The number of hydrogen-bond donors (Lipinski definition) is 2. The topological polar surface area (TPSA) is 97.1 Å². The van der Waals surface area contributed by atoms with Crippen molar-refractivity contribution in [3.63, 3.8) is 0 Å². The summed E-state index contributed by atoms with van der Waals surface area (Å²) in [5.41, 5.74) is 11.9. The standard InChI is InChI=1S/C27H29N5O2/c1-3-6-18(4-2)21-15-22-26(34-17-24(33)32(22)16-23-29-13-14-30-23)31-25(21)19-7-9-20(10-8-19)27(28)11-5-12-27/h3-4,6-10,13-15H,5,11-12,16-17,28H2,1-2H3,(H,29,30). The molecule has 1 fully saturated rings. The molecule has 3 heterocycles. The fourth-order valence-electron chi connectivity index (χ4n) is 4.60. The van der Waals surface area contributed by atoms with Gasteiger partial charge in [-0.05, 0) is 50.3 Å². The number of ether oxygens (including phenoxy) is 1. The Kier molecular flexibility index (Phi) is 5.79. The number of pyridine rings is 1. The first-order chi connectivity index (χ1) is 16.5. The summed E-state index contributed by atoms with van der Waals surface area (Å²) in [4.78, 5) is 26.7. The Labute approximate surface area is 199 Å². The second-order valence-electron chi connectivity index (χ2n) is 8.84. The molecular weight excluding hydrogens is 426 g/mol.